The molecule has 29 heavy (non-hydrogen) atoms. The first-order valence-corrected chi connectivity index (χ1v) is 11.1. The molecular weight excluding hydrogens is 405 g/mol. The molecule has 3 aromatic rings. The van der Waals surface area contributed by atoms with Crippen molar-refractivity contribution in [2.24, 2.45) is 0 Å². The van der Waals surface area contributed by atoms with Gasteiger partial charge in [-0.1, -0.05) is 12.1 Å². The van der Waals surface area contributed by atoms with Crippen molar-refractivity contribution >= 4 is 35.7 Å². The highest BCUT2D eigenvalue weighted by atomic mass is 32.2. The Balaban J connectivity index is 1.48. The standard InChI is InChI=1S/C21H18FN5S2/c22-29-27-20(25-21(26-27)28-16-7-1-4-13(10-16)12-23)24-19-17-8-2-5-14(17)11-15-6-3-9-18(15)19/h1,4,7,10-11H,2-3,5-6,8-9H2,(H,24,25,26). The minimum Gasteiger partial charge on any atom is -0.323 e. The van der Waals surface area contributed by atoms with E-state index < -0.39 is 0 Å². The lowest BCUT2D eigenvalue weighted by molar-refractivity contribution is 0.857. The van der Waals surface area contributed by atoms with Gasteiger partial charge in [-0.05, 0) is 90.7 Å². The van der Waals surface area contributed by atoms with Crippen molar-refractivity contribution in [3.05, 3.63) is 58.1 Å². The van der Waals surface area contributed by atoms with E-state index in [2.05, 4.69) is 27.5 Å². The third-order valence-corrected chi connectivity index (χ3v) is 6.74. The molecule has 0 saturated heterocycles. The Labute approximate surface area is 177 Å². The molecule has 0 unspecified atom stereocenters. The largest absolute Gasteiger partial charge is 0.323 e. The van der Waals surface area contributed by atoms with Crippen LogP contribution in [0, 0.1) is 11.3 Å². The summed E-state index contributed by atoms with van der Waals surface area (Å²) in [5, 5.41) is 17.2. The number of nitrogens with zero attached hydrogens (tertiary/aromatic N) is 4. The topological polar surface area (TPSA) is 66.5 Å². The van der Waals surface area contributed by atoms with E-state index in [-0.39, 0.29) is 12.3 Å². The summed E-state index contributed by atoms with van der Waals surface area (Å²) in [5.74, 6) is 0.394. The van der Waals surface area contributed by atoms with E-state index in [0.29, 0.717) is 16.7 Å². The first kappa shape index (κ1) is 18.5. The summed E-state index contributed by atoms with van der Waals surface area (Å²) >= 11 is 1.35. The average molecular weight is 424 g/mol. The van der Waals surface area contributed by atoms with Gasteiger partial charge in [-0.3, -0.25) is 0 Å². The van der Waals surface area contributed by atoms with Crippen LogP contribution in [0.2, 0.25) is 0 Å². The second kappa shape index (κ2) is 7.73. The van der Waals surface area contributed by atoms with Crippen LogP contribution in [0.5, 0.6) is 0 Å². The number of halogens is 1. The maximum atomic E-state index is 13.6. The number of fused-ring (bicyclic) bond motifs is 2. The molecular formula is C21H18FN5S2. The smallest absolute Gasteiger partial charge is 0.239 e. The van der Waals surface area contributed by atoms with Crippen molar-refractivity contribution in [3.8, 4) is 6.07 Å². The zero-order valence-electron chi connectivity index (χ0n) is 15.6. The monoisotopic (exact) mass is 423 g/mol. The maximum Gasteiger partial charge on any atom is 0.239 e. The van der Waals surface area contributed by atoms with Crippen LogP contribution in [-0.2, 0) is 25.7 Å². The summed E-state index contributed by atoms with van der Waals surface area (Å²) in [5.41, 5.74) is 7.20. The number of rotatable bonds is 5. The van der Waals surface area contributed by atoms with E-state index in [1.807, 2.05) is 12.1 Å². The van der Waals surface area contributed by atoms with Crippen molar-refractivity contribution in [2.75, 3.05) is 5.32 Å². The number of hydrogen-bond donors (Lipinski definition) is 1. The molecule has 146 valence electrons. The molecule has 1 N–H and O–H groups in total. The quantitative estimate of drug-likeness (QED) is 0.592. The molecule has 2 aliphatic carbocycles. The van der Waals surface area contributed by atoms with E-state index in [1.54, 1.807) is 12.1 Å². The summed E-state index contributed by atoms with van der Waals surface area (Å²) < 4.78 is 14.8. The van der Waals surface area contributed by atoms with Gasteiger partial charge in [-0.2, -0.15) is 10.2 Å². The molecule has 0 fully saturated rings. The molecule has 0 atom stereocenters. The number of nitriles is 1. The molecule has 0 saturated carbocycles. The van der Waals surface area contributed by atoms with Crippen molar-refractivity contribution < 1.29 is 3.89 Å². The first-order valence-electron chi connectivity index (χ1n) is 9.63. The number of aryl methyl sites for hydroxylation is 2. The van der Waals surface area contributed by atoms with Crippen LogP contribution in [0.15, 0.2) is 40.4 Å². The summed E-state index contributed by atoms with van der Waals surface area (Å²) in [6, 6.07) is 11.7. The highest BCUT2D eigenvalue weighted by Gasteiger charge is 2.25. The van der Waals surface area contributed by atoms with Gasteiger partial charge in [-0.25, -0.2) is 0 Å². The summed E-state index contributed by atoms with van der Waals surface area (Å²) in [6.07, 6.45) is 6.63. The van der Waals surface area contributed by atoms with Gasteiger partial charge in [0.15, 0.2) is 12.3 Å². The third kappa shape index (κ3) is 3.49. The predicted octanol–water partition coefficient (Wildman–Crippen LogP) is 5.40. The Bertz CT molecular complexity index is 1100. The molecule has 0 spiro atoms. The van der Waals surface area contributed by atoms with Gasteiger partial charge >= 0.3 is 0 Å². The highest BCUT2D eigenvalue weighted by molar-refractivity contribution is 7.99. The number of benzene rings is 2. The predicted molar refractivity (Wildman–Crippen MR) is 113 cm³/mol. The van der Waals surface area contributed by atoms with Crippen molar-refractivity contribution in [2.45, 2.75) is 48.6 Å². The Morgan fingerprint density at radius 2 is 1.83 bits per heavy atom. The number of hydrogen-bond acceptors (Lipinski definition) is 6. The Morgan fingerprint density at radius 1 is 1.07 bits per heavy atom. The fourth-order valence-corrected chi connectivity index (χ4v) is 5.37. The third-order valence-electron chi connectivity index (χ3n) is 5.51. The Morgan fingerprint density at radius 3 is 2.52 bits per heavy atom. The van der Waals surface area contributed by atoms with Crippen LogP contribution in [0.25, 0.3) is 0 Å². The fraction of sp³-hybridized carbons (Fsp3) is 0.286. The molecule has 1 aromatic heterocycles. The normalized spacial score (nSPS) is 14.5. The fourth-order valence-electron chi connectivity index (χ4n) is 4.26. The van der Waals surface area contributed by atoms with Crippen molar-refractivity contribution in [3.63, 3.8) is 0 Å². The first-order chi connectivity index (χ1) is 14.2. The zero-order valence-corrected chi connectivity index (χ0v) is 17.2. The minimum atomic E-state index is 0.0352. The van der Waals surface area contributed by atoms with Crippen LogP contribution in [0.4, 0.5) is 15.5 Å². The van der Waals surface area contributed by atoms with Gasteiger partial charge in [0.05, 0.1) is 11.6 Å². The molecule has 8 heteroatoms. The van der Waals surface area contributed by atoms with E-state index >= 15 is 0 Å². The Kier molecular flexibility index (Phi) is 4.94. The molecule has 5 nitrogen and oxygen atoms in total. The van der Waals surface area contributed by atoms with Crippen LogP contribution in [0.3, 0.4) is 0 Å². The molecule has 0 bridgehead atoms. The lowest BCUT2D eigenvalue weighted by atomic mass is 9.99. The summed E-state index contributed by atoms with van der Waals surface area (Å²) in [6.45, 7) is 0. The zero-order chi connectivity index (χ0) is 19.8. The van der Waals surface area contributed by atoms with Crippen LogP contribution in [0.1, 0.15) is 40.7 Å². The lowest BCUT2D eigenvalue weighted by Gasteiger charge is -2.16. The van der Waals surface area contributed by atoms with Crippen LogP contribution in [-0.4, -0.2) is 14.2 Å². The van der Waals surface area contributed by atoms with E-state index in [0.717, 1.165) is 49.1 Å². The van der Waals surface area contributed by atoms with Gasteiger partial charge < -0.3 is 5.32 Å². The van der Waals surface area contributed by atoms with Gasteiger partial charge in [-0.15, -0.1) is 13.1 Å². The average Bonchev–Trinajstić information content (AvgIpc) is 3.47. The molecule has 2 aromatic carbocycles. The SMILES string of the molecule is N#Cc1cccc(Sc2nc(Nc3c4c(cc5c3CCC5)CCC4)n(SF)n2)c1. The van der Waals surface area contributed by atoms with Gasteiger partial charge in [0.25, 0.3) is 0 Å². The van der Waals surface area contributed by atoms with Crippen molar-refractivity contribution in [1.82, 2.24) is 14.2 Å². The van der Waals surface area contributed by atoms with Gasteiger partial charge in [0, 0.05) is 10.6 Å². The van der Waals surface area contributed by atoms with Gasteiger partial charge in [0.2, 0.25) is 11.1 Å². The second-order valence-corrected chi connectivity index (χ2v) is 8.79. The summed E-state index contributed by atoms with van der Waals surface area (Å²) in [4.78, 5) is 5.38. The second-order valence-electron chi connectivity index (χ2n) is 7.26. The number of anilines is 2. The summed E-state index contributed by atoms with van der Waals surface area (Å²) in [7, 11) is 0. The number of aromatic nitrogens is 3. The molecule has 1 heterocycles. The van der Waals surface area contributed by atoms with E-state index in [9.17, 15) is 3.89 Å². The Hall–Kier alpha value is -2.50. The maximum absolute atomic E-state index is 13.6. The van der Waals surface area contributed by atoms with Crippen LogP contribution < -0.4 is 5.32 Å². The van der Waals surface area contributed by atoms with Gasteiger partial charge in [0.1, 0.15) is 0 Å². The molecule has 2 aliphatic rings. The number of nitrogens with one attached hydrogen (secondary N) is 1. The van der Waals surface area contributed by atoms with E-state index in [4.69, 9.17) is 5.26 Å². The molecule has 0 amide bonds. The molecule has 0 aliphatic heterocycles. The minimum absolute atomic E-state index is 0.0352. The highest BCUT2D eigenvalue weighted by Crippen LogP contribution is 2.40. The molecule has 0 radical (unpaired) electrons. The van der Waals surface area contributed by atoms with Crippen molar-refractivity contribution in [1.29, 1.82) is 5.26 Å². The molecule has 5 rings (SSSR count). The van der Waals surface area contributed by atoms with E-state index in [1.165, 1.54) is 38.1 Å². The lowest BCUT2D eigenvalue weighted by Crippen LogP contribution is -2.05. The van der Waals surface area contributed by atoms with Crippen LogP contribution >= 0.6 is 24.1 Å².